The number of rotatable bonds is 6. The minimum absolute atomic E-state index is 0.00968. The second kappa shape index (κ2) is 5.91. The van der Waals surface area contributed by atoms with E-state index in [9.17, 15) is 8.42 Å². The lowest BCUT2D eigenvalue weighted by molar-refractivity contribution is 0.375. The highest BCUT2D eigenvalue weighted by Crippen LogP contribution is 2.09. The molecule has 9 heteroatoms. The van der Waals surface area contributed by atoms with Gasteiger partial charge in [0.1, 0.15) is 0 Å². The van der Waals surface area contributed by atoms with Crippen LogP contribution in [0.1, 0.15) is 12.7 Å². The van der Waals surface area contributed by atoms with Crippen molar-refractivity contribution in [3.05, 3.63) is 5.82 Å². The molecular formula is C9H17N5O3S. The summed E-state index contributed by atoms with van der Waals surface area (Å²) in [7, 11) is 1.71. The molecule has 1 aromatic rings. The number of nitrogens with zero attached hydrogens (tertiary/aromatic N) is 4. The van der Waals surface area contributed by atoms with Gasteiger partial charge >= 0.3 is 6.01 Å². The van der Waals surface area contributed by atoms with E-state index in [2.05, 4.69) is 19.7 Å². The average Bonchev–Trinajstić information content (AvgIpc) is 2.36. The predicted molar refractivity (Wildman–Crippen MR) is 67.0 cm³/mol. The Morgan fingerprint density at radius 1 is 1.28 bits per heavy atom. The van der Waals surface area contributed by atoms with Gasteiger partial charge < -0.3 is 9.64 Å². The van der Waals surface area contributed by atoms with Crippen molar-refractivity contribution in [1.29, 1.82) is 0 Å². The molecule has 0 aliphatic rings. The maximum atomic E-state index is 11.3. The zero-order chi connectivity index (χ0) is 13.8. The number of sulfonamides is 1. The second-order valence-corrected chi connectivity index (χ2v) is 5.75. The number of nitrogens with one attached hydrogen (secondary N) is 1. The minimum Gasteiger partial charge on any atom is -0.467 e. The molecule has 1 aromatic heterocycles. The van der Waals surface area contributed by atoms with Gasteiger partial charge in [0.05, 0.1) is 19.4 Å². The smallest absolute Gasteiger partial charge is 0.321 e. The number of hydrogen-bond donors (Lipinski definition) is 1. The maximum absolute atomic E-state index is 11.3. The number of anilines is 1. The summed E-state index contributed by atoms with van der Waals surface area (Å²) in [6.07, 6.45) is 0. The van der Waals surface area contributed by atoms with Crippen LogP contribution in [-0.2, 0) is 16.6 Å². The highest BCUT2D eigenvalue weighted by atomic mass is 32.2. The van der Waals surface area contributed by atoms with Gasteiger partial charge in [0.25, 0.3) is 0 Å². The Hall–Kier alpha value is -1.48. The summed E-state index contributed by atoms with van der Waals surface area (Å²) < 4.78 is 30.0. The molecule has 0 bridgehead atoms. The van der Waals surface area contributed by atoms with Crippen LogP contribution in [0.25, 0.3) is 0 Å². The monoisotopic (exact) mass is 275 g/mol. The highest BCUT2D eigenvalue weighted by molar-refractivity contribution is 7.89. The largest absolute Gasteiger partial charge is 0.467 e. The van der Waals surface area contributed by atoms with E-state index in [0.717, 1.165) is 0 Å². The molecule has 1 N–H and O–H groups in total. The second-order valence-electron chi connectivity index (χ2n) is 3.66. The SMILES string of the molecule is CCS(=O)(=O)NCc1nc(OC)nc(N(C)C)n1. The molecule has 1 rings (SSSR count). The van der Waals surface area contributed by atoms with E-state index in [1.165, 1.54) is 7.11 Å². The molecule has 102 valence electrons. The van der Waals surface area contributed by atoms with Crippen LogP contribution in [0.5, 0.6) is 6.01 Å². The number of ether oxygens (including phenoxy) is 1. The Kier molecular flexibility index (Phi) is 4.79. The Morgan fingerprint density at radius 3 is 2.44 bits per heavy atom. The molecule has 0 radical (unpaired) electrons. The lowest BCUT2D eigenvalue weighted by Crippen LogP contribution is -2.26. The predicted octanol–water partition coefficient (Wildman–Crippen LogP) is -0.614. The van der Waals surface area contributed by atoms with E-state index in [0.29, 0.717) is 11.8 Å². The summed E-state index contributed by atoms with van der Waals surface area (Å²) >= 11 is 0. The van der Waals surface area contributed by atoms with Crippen LogP contribution < -0.4 is 14.4 Å². The third kappa shape index (κ3) is 4.08. The van der Waals surface area contributed by atoms with Gasteiger partial charge in [-0.3, -0.25) is 0 Å². The van der Waals surface area contributed by atoms with Gasteiger partial charge in [-0.05, 0) is 6.92 Å². The molecule has 0 saturated heterocycles. The number of hydrogen-bond acceptors (Lipinski definition) is 7. The van der Waals surface area contributed by atoms with E-state index >= 15 is 0 Å². The highest BCUT2D eigenvalue weighted by Gasteiger charge is 2.11. The van der Waals surface area contributed by atoms with Crippen molar-refractivity contribution < 1.29 is 13.2 Å². The molecule has 0 unspecified atom stereocenters. The van der Waals surface area contributed by atoms with Gasteiger partial charge in [-0.1, -0.05) is 0 Å². The molecule has 1 heterocycles. The lowest BCUT2D eigenvalue weighted by atomic mass is 10.6. The van der Waals surface area contributed by atoms with E-state index in [4.69, 9.17) is 4.74 Å². The zero-order valence-corrected chi connectivity index (χ0v) is 11.7. The third-order valence-electron chi connectivity index (χ3n) is 2.06. The lowest BCUT2D eigenvalue weighted by Gasteiger charge is -2.12. The van der Waals surface area contributed by atoms with Crippen LogP contribution in [0.4, 0.5) is 5.95 Å². The summed E-state index contributed by atoms with van der Waals surface area (Å²) in [5, 5.41) is 0. The quantitative estimate of drug-likeness (QED) is 0.739. The first kappa shape index (κ1) is 14.6. The fraction of sp³-hybridized carbons (Fsp3) is 0.667. The normalized spacial score (nSPS) is 11.3. The molecule has 0 saturated carbocycles. The summed E-state index contributed by atoms with van der Waals surface area (Å²) in [5.41, 5.74) is 0. The van der Waals surface area contributed by atoms with Crippen molar-refractivity contribution in [3.8, 4) is 6.01 Å². The van der Waals surface area contributed by atoms with Crippen LogP contribution in [-0.4, -0.2) is 50.3 Å². The Morgan fingerprint density at radius 2 is 1.94 bits per heavy atom. The molecule has 0 aromatic carbocycles. The molecule has 18 heavy (non-hydrogen) atoms. The van der Waals surface area contributed by atoms with Crippen LogP contribution in [0.15, 0.2) is 0 Å². The van der Waals surface area contributed by atoms with Crippen molar-refractivity contribution in [3.63, 3.8) is 0 Å². The first-order valence-electron chi connectivity index (χ1n) is 5.31. The summed E-state index contributed by atoms with van der Waals surface area (Å²) in [6, 6.07) is 0.152. The summed E-state index contributed by atoms with van der Waals surface area (Å²) in [5.74, 6) is 0.727. The van der Waals surface area contributed by atoms with Crippen molar-refractivity contribution in [1.82, 2.24) is 19.7 Å². The minimum atomic E-state index is -3.28. The topological polar surface area (TPSA) is 97.3 Å². The molecule has 0 aliphatic carbocycles. The van der Waals surface area contributed by atoms with E-state index in [1.807, 2.05) is 0 Å². The van der Waals surface area contributed by atoms with E-state index in [1.54, 1.807) is 25.9 Å². The van der Waals surface area contributed by atoms with Gasteiger partial charge in [-0.25, -0.2) is 13.1 Å². The van der Waals surface area contributed by atoms with Crippen molar-refractivity contribution in [2.24, 2.45) is 0 Å². The third-order valence-corrected chi connectivity index (χ3v) is 3.41. The fourth-order valence-corrected chi connectivity index (χ4v) is 1.59. The van der Waals surface area contributed by atoms with Gasteiger partial charge in [0.2, 0.25) is 16.0 Å². The average molecular weight is 275 g/mol. The molecule has 0 spiro atoms. The number of methoxy groups -OCH3 is 1. The number of aromatic nitrogens is 3. The Balaban J connectivity index is 2.92. The molecule has 0 aliphatic heterocycles. The van der Waals surface area contributed by atoms with E-state index < -0.39 is 10.0 Å². The Labute approximate surface area is 106 Å². The van der Waals surface area contributed by atoms with Crippen LogP contribution in [0, 0.1) is 0 Å². The van der Waals surface area contributed by atoms with Gasteiger partial charge in [0, 0.05) is 14.1 Å². The Bertz CT molecular complexity index is 503. The first-order valence-corrected chi connectivity index (χ1v) is 6.96. The van der Waals surface area contributed by atoms with E-state index in [-0.39, 0.29) is 18.3 Å². The molecule has 0 amide bonds. The van der Waals surface area contributed by atoms with Gasteiger partial charge in [-0.15, -0.1) is 0 Å². The molecule has 0 fully saturated rings. The summed E-state index contributed by atoms with van der Waals surface area (Å²) in [6.45, 7) is 1.57. The zero-order valence-electron chi connectivity index (χ0n) is 10.8. The maximum Gasteiger partial charge on any atom is 0.321 e. The fourth-order valence-electron chi connectivity index (χ4n) is 1.03. The van der Waals surface area contributed by atoms with Crippen molar-refractivity contribution >= 4 is 16.0 Å². The van der Waals surface area contributed by atoms with Crippen molar-refractivity contribution in [2.45, 2.75) is 13.5 Å². The molecule has 0 atom stereocenters. The standard InChI is InChI=1S/C9H17N5O3S/c1-5-18(15,16)10-6-7-11-8(14(2)3)13-9(12-7)17-4/h10H,5-6H2,1-4H3. The first-order chi connectivity index (χ1) is 8.38. The van der Waals surface area contributed by atoms with Crippen LogP contribution in [0.3, 0.4) is 0 Å². The van der Waals surface area contributed by atoms with Crippen molar-refractivity contribution in [2.75, 3.05) is 31.9 Å². The summed E-state index contributed by atoms with van der Waals surface area (Å²) in [4.78, 5) is 13.8. The molecule has 8 nitrogen and oxygen atoms in total. The van der Waals surface area contributed by atoms with Crippen LogP contribution in [0.2, 0.25) is 0 Å². The van der Waals surface area contributed by atoms with Crippen LogP contribution >= 0.6 is 0 Å². The van der Waals surface area contributed by atoms with Gasteiger partial charge in [-0.2, -0.15) is 15.0 Å². The van der Waals surface area contributed by atoms with Gasteiger partial charge in [0.15, 0.2) is 5.82 Å². The molecular weight excluding hydrogens is 258 g/mol.